The quantitative estimate of drug-likeness (QED) is 0.409. The number of aromatic amines is 1. The Morgan fingerprint density at radius 1 is 0.970 bits per heavy atom. The highest BCUT2D eigenvalue weighted by Gasteiger charge is 2.17. The van der Waals surface area contributed by atoms with Crippen LogP contribution < -0.4 is 15.2 Å². The molecule has 0 spiro atoms. The lowest BCUT2D eigenvalue weighted by molar-refractivity contribution is 0.414. The van der Waals surface area contributed by atoms with E-state index in [2.05, 4.69) is 15.2 Å². The lowest BCUT2D eigenvalue weighted by Gasteiger charge is -2.21. The molecule has 0 radical (unpaired) electrons. The van der Waals surface area contributed by atoms with Crippen molar-refractivity contribution in [3.8, 4) is 5.75 Å². The van der Waals surface area contributed by atoms with Gasteiger partial charge in [-0.05, 0) is 42.3 Å². The highest BCUT2D eigenvalue weighted by atomic mass is 16.5. The molecular formula is C25H22N6O2. The molecule has 0 saturated heterocycles. The lowest BCUT2D eigenvalue weighted by atomic mass is 10.1. The van der Waals surface area contributed by atoms with Crippen LogP contribution in [0.1, 0.15) is 5.56 Å². The van der Waals surface area contributed by atoms with Gasteiger partial charge in [0.1, 0.15) is 11.4 Å². The van der Waals surface area contributed by atoms with Crippen LogP contribution in [0.4, 0.5) is 17.3 Å². The van der Waals surface area contributed by atoms with Crippen LogP contribution in [0.5, 0.6) is 5.75 Å². The van der Waals surface area contributed by atoms with Crippen LogP contribution in [0.15, 0.2) is 90.1 Å². The zero-order chi connectivity index (χ0) is 22.6. The predicted octanol–water partition coefficient (Wildman–Crippen LogP) is 4.24. The van der Waals surface area contributed by atoms with Crippen molar-refractivity contribution < 1.29 is 4.74 Å². The van der Waals surface area contributed by atoms with Gasteiger partial charge in [-0.1, -0.05) is 30.3 Å². The molecule has 5 rings (SSSR count). The topological polar surface area (TPSA) is 88.9 Å². The van der Waals surface area contributed by atoms with Crippen molar-refractivity contribution >= 4 is 28.4 Å². The average molecular weight is 438 g/mol. The third-order valence-electron chi connectivity index (χ3n) is 5.45. The predicted molar refractivity (Wildman–Crippen MR) is 127 cm³/mol. The first-order valence-corrected chi connectivity index (χ1v) is 10.6. The summed E-state index contributed by atoms with van der Waals surface area (Å²) in [5.74, 6) is 1.26. The van der Waals surface area contributed by atoms with E-state index in [4.69, 9.17) is 9.72 Å². The minimum atomic E-state index is -0.102. The number of ether oxygens (including phenoxy) is 1. The molecule has 164 valence electrons. The highest BCUT2D eigenvalue weighted by Crippen LogP contribution is 2.31. The number of pyridine rings is 1. The van der Waals surface area contributed by atoms with Crippen molar-refractivity contribution in [2.45, 2.75) is 13.0 Å². The van der Waals surface area contributed by atoms with Gasteiger partial charge in [-0.2, -0.15) is 10.1 Å². The first-order chi connectivity index (χ1) is 16.2. The smallest absolute Gasteiger partial charge is 0.252 e. The normalized spacial score (nSPS) is 10.9. The second-order valence-electron chi connectivity index (χ2n) is 7.50. The van der Waals surface area contributed by atoms with Gasteiger partial charge >= 0.3 is 0 Å². The minimum absolute atomic E-state index is 0.102. The van der Waals surface area contributed by atoms with E-state index in [0.717, 1.165) is 28.1 Å². The Kier molecular flexibility index (Phi) is 5.55. The fraction of sp³-hybridized carbons (Fsp3) is 0.120. The van der Waals surface area contributed by atoms with Gasteiger partial charge in [-0.3, -0.25) is 19.4 Å². The Hall–Kier alpha value is -4.46. The average Bonchev–Trinajstić information content (AvgIpc) is 3.39. The summed E-state index contributed by atoms with van der Waals surface area (Å²) in [6, 6.07) is 21.0. The van der Waals surface area contributed by atoms with Crippen LogP contribution in [0.25, 0.3) is 11.0 Å². The molecule has 0 atom stereocenters. The fourth-order valence-corrected chi connectivity index (χ4v) is 3.74. The number of nitrogens with zero attached hydrogens (tertiary/aromatic N) is 5. The number of aromatic nitrogens is 5. The second-order valence-corrected chi connectivity index (χ2v) is 7.50. The monoisotopic (exact) mass is 438 g/mol. The number of rotatable bonds is 7. The number of H-pyrrole nitrogens is 1. The Morgan fingerprint density at radius 3 is 2.52 bits per heavy atom. The second kappa shape index (κ2) is 8.96. The summed E-state index contributed by atoms with van der Waals surface area (Å²) in [5.41, 5.74) is 3.28. The Balaban J connectivity index is 1.55. The van der Waals surface area contributed by atoms with Crippen molar-refractivity contribution in [2.75, 3.05) is 12.0 Å². The van der Waals surface area contributed by atoms with Crippen LogP contribution in [-0.4, -0.2) is 31.8 Å². The number of anilines is 3. The van der Waals surface area contributed by atoms with Crippen molar-refractivity contribution in [1.29, 1.82) is 0 Å². The molecule has 1 N–H and O–H groups in total. The van der Waals surface area contributed by atoms with Crippen molar-refractivity contribution in [2.24, 2.45) is 0 Å². The Bertz CT molecular complexity index is 1410. The molecule has 0 unspecified atom stereocenters. The summed E-state index contributed by atoms with van der Waals surface area (Å²) in [5, 5.41) is 7.72. The van der Waals surface area contributed by atoms with E-state index in [0.29, 0.717) is 24.6 Å². The largest absolute Gasteiger partial charge is 0.497 e. The van der Waals surface area contributed by atoms with E-state index < -0.39 is 0 Å². The van der Waals surface area contributed by atoms with E-state index in [9.17, 15) is 4.79 Å². The van der Waals surface area contributed by atoms with Gasteiger partial charge < -0.3 is 4.74 Å². The van der Waals surface area contributed by atoms with E-state index in [-0.39, 0.29) is 5.56 Å². The standard InChI is InChI=1S/C25H22N6O2/c1-33-22-10-7-18(8-11-22)13-14-30-23(32)12-9-19-15-26-25(29-24(19)30)31(21-16-27-28-17-21)20-5-3-2-4-6-20/h2-12,15-17H,13-14H2,1H3,(H,27,28). The van der Waals surface area contributed by atoms with Crippen molar-refractivity contribution in [1.82, 2.24) is 24.7 Å². The number of methoxy groups -OCH3 is 1. The van der Waals surface area contributed by atoms with Gasteiger partial charge in [0.2, 0.25) is 5.95 Å². The first-order valence-electron chi connectivity index (χ1n) is 10.6. The van der Waals surface area contributed by atoms with Crippen LogP contribution in [-0.2, 0) is 13.0 Å². The zero-order valence-electron chi connectivity index (χ0n) is 18.0. The van der Waals surface area contributed by atoms with Gasteiger partial charge in [0.15, 0.2) is 0 Å². The molecule has 0 aliphatic carbocycles. The molecular weight excluding hydrogens is 416 g/mol. The van der Waals surface area contributed by atoms with Crippen LogP contribution in [0.3, 0.4) is 0 Å². The fourth-order valence-electron chi connectivity index (χ4n) is 3.74. The number of hydrogen-bond donors (Lipinski definition) is 1. The number of fused-ring (bicyclic) bond motifs is 1. The van der Waals surface area contributed by atoms with E-state index in [1.807, 2.05) is 59.5 Å². The van der Waals surface area contributed by atoms with E-state index in [1.54, 1.807) is 42.4 Å². The number of nitrogens with one attached hydrogen (secondary N) is 1. The van der Waals surface area contributed by atoms with Crippen LogP contribution in [0, 0.1) is 0 Å². The van der Waals surface area contributed by atoms with Crippen molar-refractivity contribution in [3.05, 3.63) is 101 Å². The molecule has 0 fully saturated rings. The number of hydrogen-bond acceptors (Lipinski definition) is 6. The number of para-hydroxylation sites is 1. The molecule has 0 aliphatic heterocycles. The molecule has 8 nitrogen and oxygen atoms in total. The summed E-state index contributed by atoms with van der Waals surface area (Å²) in [4.78, 5) is 24.1. The molecule has 3 heterocycles. The molecule has 0 amide bonds. The van der Waals surface area contributed by atoms with Gasteiger partial charge in [0.25, 0.3) is 5.56 Å². The lowest BCUT2D eigenvalue weighted by Crippen LogP contribution is -2.22. The van der Waals surface area contributed by atoms with E-state index in [1.165, 1.54) is 0 Å². The third kappa shape index (κ3) is 4.18. The summed E-state index contributed by atoms with van der Waals surface area (Å²) < 4.78 is 6.93. The third-order valence-corrected chi connectivity index (χ3v) is 5.45. The summed E-state index contributed by atoms with van der Waals surface area (Å²) in [6.45, 7) is 0.496. The van der Waals surface area contributed by atoms with Crippen molar-refractivity contribution in [3.63, 3.8) is 0 Å². The summed E-state index contributed by atoms with van der Waals surface area (Å²) in [6.07, 6.45) is 5.92. The molecule has 0 aliphatic rings. The Morgan fingerprint density at radius 2 is 1.79 bits per heavy atom. The van der Waals surface area contributed by atoms with Gasteiger partial charge in [-0.15, -0.1) is 0 Å². The SMILES string of the molecule is COc1ccc(CCn2c(=O)ccc3cnc(N(c4ccccc4)c4cn[nH]c4)nc32)cc1. The molecule has 33 heavy (non-hydrogen) atoms. The highest BCUT2D eigenvalue weighted by molar-refractivity contribution is 5.78. The zero-order valence-corrected chi connectivity index (χ0v) is 18.0. The number of aryl methyl sites for hydroxylation is 2. The maximum absolute atomic E-state index is 12.8. The van der Waals surface area contributed by atoms with Gasteiger partial charge in [0, 0.05) is 36.1 Å². The maximum Gasteiger partial charge on any atom is 0.252 e. The Labute approximate surface area is 190 Å². The molecule has 0 saturated carbocycles. The summed E-state index contributed by atoms with van der Waals surface area (Å²) in [7, 11) is 1.64. The molecule has 0 bridgehead atoms. The maximum atomic E-state index is 12.8. The first kappa shape index (κ1) is 20.4. The molecule has 5 aromatic rings. The minimum Gasteiger partial charge on any atom is -0.497 e. The van der Waals surface area contributed by atoms with Crippen LogP contribution in [0.2, 0.25) is 0 Å². The van der Waals surface area contributed by atoms with Crippen LogP contribution >= 0.6 is 0 Å². The number of benzene rings is 2. The van der Waals surface area contributed by atoms with Gasteiger partial charge in [0.05, 0.1) is 19.0 Å². The molecule has 2 aromatic carbocycles. The summed E-state index contributed by atoms with van der Waals surface area (Å²) >= 11 is 0. The van der Waals surface area contributed by atoms with Gasteiger partial charge in [-0.25, -0.2) is 4.98 Å². The molecule has 8 heteroatoms. The van der Waals surface area contributed by atoms with E-state index >= 15 is 0 Å². The molecule has 3 aromatic heterocycles.